The lowest BCUT2D eigenvalue weighted by molar-refractivity contribution is -0.152. The maximum Gasteiger partial charge on any atom is 0.328 e. The number of hydrogen-bond acceptors (Lipinski definition) is 7. The Labute approximate surface area is 207 Å². The van der Waals surface area contributed by atoms with Crippen molar-refractivity contribution in [2.24, 2.45) is 33.7 Å². The number of nitrogens with zero attached hydrogens (tertiary/aromatic N) is 2. The highest BCUT2D eigenvalue weighted by molar-refractivity contribution is 5.96. The Bertz CT molecular complexity index is 933. The first-order chi connectivity index (χ1) is 16.7. The van der Waals surface area contributed by atoms with Crippen LogP contribution in [-0.4, -0.2) is 71.2 Å². The average Bonchev–Trinajstić information content (AvgIpc) is 3.38. The van der Waals surface area contributed by atoms with E-state index in [0.29, 0.717) is 17.8 Å². The molecule has 8 nitrogen and oxygen atoms in total. The molecule has 5 rings (SSSR count). The monoisotopic (exact) mass is 488 g/mol. The summed E-state index contributed by atoms with van der Waals surface area (Å²) >= 11 is 0. The number of allylic oxidation sites excluding steroid dienone is 2. The Morgan fingerprint density at radius 1 is 1.11 bits per heavy atom. The molecule has 0 bridgehead atoms. The van der Waals surface area contributed by atoms with Gasteiger partial charge in [0.2, 0.25) is 0 Å². The summed E-state index contributed by atoms with van der Waals surface area (Å²) < 4.78 is 4.76. The topological polar surface area (TPSA) is 109 Å². The summed E-state index contributed by atoms with van der Waals surface area (Å²) in [5.74, 6) is 1.09. The van der Waals surface area contributed by atoms with Crippen molar-refractivity contribution in [1.82, 2.24) is 4.90 Å². The van der Waals surface area contributed by atoms with E-state index in [9.17, 15) is 19.8 Å². The molecule has 0 spiro atoms. The first-order valence-electron chi connectivity index (χ1n) is 13.3. The average molecular weight is 489 g/mol. The standard InChI is InChI=1S/C27H40N2O6/c1-26-10-8-17(28-35-15-24(32)29-14-18(30)13-22(29)25(33)34-3)12-16(26)4-5-19-20-6-7-23(31)27(20,2)11-9-21(19)26/h12,18-23,30-31H,4-11,13-15H2,1-3H3/b28-17+/t18-,19-,20+,21+,22-,23+,26+,27+/m1/s1. The van der Waals surface area contributed by atoms with Gasteiger partial charge in [0.25, 0.3) is 5.91 Å². The van der Waals surface area contributed by atoms with Crippen molar-refractivity contribution in [2.45, 2.75) is 89.9 Å². The second-order valence-electron chi connectivity index (χ2n) is 12.0. The van der Waals surface area contributed by atoms with Crippen LogP contribution in [0.25, 0.3) is 0 Å². The predicted molar refractivity (Wildman–Crippen MR) is 129 cm³/mol. The van der Waals surface area contributed by atoms with Gasteiger partial charge in [0.1, 0.15) is 6.04 Å². The summed E-state index contributed by atoms with van der Waals surface area (Å²) in [5.41, 5.74) is 2.59. The van der Waals surface area contributed by atoms with Crippen molar-refractivity contribution in [3.05, 3.63) is 11.6 Å². The summed E-state index contributed by atoms with van der Waals surface area (Å²) in [5, 5.41) is 24.8. The number of oxime groups is 1. The number of aliphatic hydroxyl groups is 2. The van der Waals surface area contributed by atoms with Gasteiger partial charge in [-0.2, -0.15) is 0 Å². The maximum absolute atomic E-state index is 12.6. The van der Waals surface area contributed by atoms with Gasteiger partial charge in [-0.1, -0.05) is 24.6 Å². The number of hydrogen-bond donors (Lipinski definition) is 2. The minimum absolute atomic E-state index is 0.0959. The zero-order chi connectivity index (χ0) is 25.0. The van der Waals surface area contributed by atoms with E-state index in [1.54, 1.807) is 0 Å². The largest absolute Gasteiger partial charge is 0.467 e. The highest BCUT2D eigenvalue weighted by Crippen LogP contribution is 2.65. The molecule has 4 fully saturated rings. The first kappa shape index (κ1) is 24.8. The number of β-amino-alcohol motifs (C(OH)–C–C–N with tert-alkyl or cyclic N) is 1. The van der Waals surface area contributed by atoms with Crippen LogP contribution in [0.4, 0.5) is 0 Å². The highest BCUT2D eigenvalue weighted by atomic mass is 16.6. The molecule has 0 aromatic carbocycles. The Morgan fingerprint density at radius 2 is 1.91 bits per heavy atom. The molecule has 35 heavy (non-hydrogen) atoms. The van der Waals surface area contributed by atoms with Gasteiger partial charge in [0, 0.05) is 13.0 Å². The zero-order valence-corrected chi connectivity index (χ0v) is 21.2. The van der Waals surface area contributed by atoms with Gasteiger partial charge in [0.05, 0.1) is 25.0 Å². The first-order valence-corrected chi connectivity index (χ1v) is 13.3. The lowest BCUT2D eigenvalue weighted by Crippen LogP contribution is -2.51. The Balaban J connectivity index is 1.23. The van der Waals surface area contributed by atoms with Gasteiger partial charge in [-0.05, 0) is 86.0 Å². The summed E-state index contributed by atoms with van der Waals surface area (Å²) in [6.07, 6.45) is 9.99. The van der Waals surface area contributed by atoms with Gasteiger partial charge >= 0.3 is 5.97 Å². The molecule has 0 aromatic heterocycles. The molecule has 0 unspecified atom stereocenters. The van der Waals surface area contributed by atoms with Crippen LogP contribution in [0.15, 0.2) is 16.8 Å². The molecule has 194 valence electrons. The van der Waals surface area contributed by atoms with Crippen LogP contribution in [0, 0.1) is 28.6 Å². The molecule has 0 radical (unpaired) electrons. The molecular weight excluding hydrogens is 448 g/mol. The predicted octanol–water partition coefficient (Wildman–Crippen LogP) is 2.82. The van der Waals surface area contributed by atoms with Crippen molar-refractivity contribution in [3.63, 3.8) is 0 Å². The Morgan fingerprint density at radius 3 is 2.69 bits per heavy atom. The number of likely N-dealkylation sites (tertiary alicyclic amines) is 1. The minimum Gasteiger partial charge on any atom is -0.467 e. The molecule has 4 aliphatic carbocycles. The fourth-order valence-electron chi connectivity index (χ4n) is 8.32. The molecule has 8 heteroatoms. The third-order valence-electron chi connectivity index (χ3n) is 10.4. The Hall–Kier alpha value is -1.93. The molecule has 1 heterocycles. The molecule has 8 atom stereocenters. The van der Waals surface area contributed by atoms with Gasteiger partial charge in [0.15, 0.2) is 6.61 Å². The van der Waals surface area contributed by atoms with Crippen LogP contribution >= 0.6 is 0 Å². The van der Waals surface area contributed by atoms with Crippen molar-refractivity contribution in [1.29, 1.82) is 0 Å². The van der Waals surface area contributed by atoms with Crippen LogP contribution < -0.4 is 0 Å². The van der Waals surface area contributed by atoms with Gasteiger partial charge < -0.3 is 24.7 Å². The SMILES string of the molecule is COC(=O)[C@H]1C[C@@H](O)CN1C(=O)CO/N=C1/C=C2CC[C@@H]3[C@@H]4CC[C@H](O)[C@@]4(C)CC[C@@H]3[C@@]2(C)CC1. The van der Waals surface area contributed by atoms with E-state index in [1.165, 1.54) is 30.4 Å². The quantitative estimate of drug-likeness (QED) is 0.465. The summed E-state index contributed by atoms with van der Waals surface area (Å²) in [6.45, 7) is 4.58. The van der Waals surface area contributed by atoms with E-state index in [4.69, 9.17) is 9.57 Å². The van der Waals surface area contributed by atoms with Crippen LogP contribution in [0.1, 0.15) is 71.6 Å². The third-order valence-corrected chi connectivity index (χ3v) is 10.4. The maximum atomic E-state index is 12.6. The van der Waals surface area contributed by atoms with Crippen LogP contribution in [-0.2, 0) is 19.2 Å². The van der Waals surface area contributed by atoms with Gasteiger partial charge in [-0.3, -0.25) is 4.79 Å². The summed E-state index contributed by atoms with van der Waals surface area (Å²) in [7, 11) is 1.28. The van der Waals surface area contributed by atoms with E-state index >= 15 is 0 Å². The smallest absolute Gasteiger partial charge is 0.328 e. The molecule has 1 saturated heterocycles. The molecule has 1 amide bonds. The van der Waals surface area contributed by atoms with Gasteiger partial charge in [-0.25, -0.2) is 4.79 Å². The van der Waals surface area contributed by atoms with E-state index < -0.39 is 18.1 Å². The number of fused-ring (bicyclic) bond motifs is 5. The van der Waals surface area contributed by atoms with Crippen molar-refractivity contribution < 1.29 is 29.4 Å². The van der Waals surface area contributed by atoms with Crippen molar-refractivity contribution in [2.75, 3.05) is 20.3 Å². The van der Waals surface area contributed by atoms with Crippen LogP contribution in [0.2, 0.25) is 0 Å². The molecule has 5 aliphatic rings. The number of amides is 1. The molecule has 0 aromatic rings. The molecule has 2 N–H and O–H groups in total. The number of carbonyl (C=O) groups excluding carboxylic acids is 2. The molecule has 3 saturated carbocycles. The highest BCUT2D eigenvalue weighted by Gasteiger charge is 2.58. The fourth-order valence-corrected chi connectivity index (χ4v) is 8.32. The van der Waals surface area contributed by atoms with Gasteiger partial charge in [-0.15, -0.1) is 0 Å². The molecule has 1 aliphatic heterocycles. The Kier molecular flexibility index (Phi) is 6.49. The van der Waals surface area contributed by atoms with E-state index in [0.717, 1.165) is 44.2 Å². The third kappa shape index (κ3) is 4.10. The number of carbonyl (C=O) groups is 2. The summed E-state index contributed by atoms with van der Waals surface area (Å²) in [6, 6.07) is -0.773. The normalized spacial score (nSPS) is 43.7. The van der Waals surface area contributed by atoms with Crippen molar-refractivity contribution in [3.8, 4) is 0 Å². The minimum atomic E-state index is -0.773. The lowest BCUT2D eigenvalue weighted by Gasteiger charge is -2.57. The fraction of sp³-hybridized carbons (Fsp3) is 0.815. The van der Waals surface area contributed by atoms with E-state index in [1.807, 2.05) is 0 Å². The number of esters is 1. The molecular formula is C27H40N2O6. The lowest BCUT2D eigenvalue weighted by atomic mass is 9.47. The number of aliphatic hydroxyl groups excluding tert-OH is 2. The van der Waals surface area contributed by atoms with Crippen molar-refractivity contribution >= 4 is 17.6 Å². The number of ether oxygens (including phenoxy) is 1. The van der Waals surface area contributed by atoms with E-state index in [2.05, 4.69) is 25.1 Å². The number of rotatable bonds is 4. The number of methoxy groups -OCH3 is 1. The second-order valence-corrected chi connectivity index (χ2v) is 12.0. The van der Waals surface area contributed by atoms with Crippen LogP contribution in [0.3, 0.4) is 0 Å². The van der Waals surface area contributed by atoms with Crippen LogP contribution in [0.5, 0.6) is 0 Å². The summed E-state index contributed by atoms with van der Waals surface area (Å²) in [4.78, 5) is 31.3. The zero-order valence-electron chi connectivity index (χ0n) is 21.2. The van der Waals surface area contributed by atoms with E-state index in [-0.39, 0.29) is 42.4 Å². The second kappa shape index (κ2) is 9.18.